The van der Waals surface area contributed by atoms with Gasteiger partial charge in [0.05, 0.1) is 0 Å². The zero-order valence-corrected chi connectivity index (χ0v) is 12.1. The molecule has 1 aromatic carbocycles. The summed E-state index contributed by atoms with van der Waals surface area (Å²) in [5, 5.41) is 4.00. The van der Waals surface area contributed by atoms with E-state index in [9.17, 15) is 4.79 Å². The van der Waals surface area contributed by atoms with Gasteiger partial charge in [-0.25, -0.2) is 5.43 Å². The smallest absolute Gasteiger partial charge is 0.277 e. The second kappa shape index (κ2) is 7.56. The van der Waals surface area contributed by atoms with Crippen LogP contribution >= 0.6 is 0 Å². The molecule has 0 bridgehead atoms. The number of nitrogens with one attached hydrogen (secondary N) is 1. The Bertz CT molecular complexity index is 447. The zero-order chi connectivity index (χ0) is 14.3. The molecule has 104 valence electrons. The molecule has 19 heavy (non-hydrogen) atoms. The van der Waals surface area contributed by atoms with Crippen molar-refractivity contribution in [2.45, 2.75) is 40.5 Å². The standard InChI is InChI=1S/C15H22N2O2/c1-5-6-13(4)16-17-15(18)10-19-14-8-11(2)7-12(3)9-14/h7-9H,5-6,10H2,1-4H3,(H,17,18)/b16-13-. The lowest BCUT2D eigenvalue weighted by Gasteiger charge is -2.07. The second-order valence-electron chi connectivity index (χ2n) is 4.74. The van der Waals surface area contributed by atoms with Crippen LogP contribution in [0.5, 0.6) is 5.75 Å². The van der Waals surface area contributed by atoms with Crippen molar-refractivity contribution in [2.24, 2.45) is 5.10 Å². The Morgan fingerprint density at radius 3 is 2.47 bits per heavy atom. The summed E-state index contributed by atoms with van der Waals surface area (Å²) in [4.78, 5) is 11.6. The van der Waals surface area contributed by atoms with Crippen LogP contribution in [-0.2, 0) is 4.79 Å². The van der Waals surface area contributed by atoms with Gasteiger partial charge in [0.25, 0.3) is 5.91 Å². The highest BCUT2D eigenvalue weighted by molar-refractivity contribution is 5.84. The maximum atomic E-state index is 11.6. The summed E-state index contributed by atoms with van der Waals surface area (Å²) in [6.07, 6.45) is 1.91. The quantitative estimate of drug-likeness (QED) is 0.633. The third kappa shape index (κ3) is 6.04. The molecule has 0 saturated heterocycles. The molecule has 4 heteroatoms. The molecule has 0 saturated carbocycles. The highest BCUT2D eigenvalue weighted by Gasteiger charge is 2.03. The predicted molar refractivity (Wildman–Crippen MR) is 77.6 cm³/mol. The molecule has 4 nitrogen and oxygen atoms in total. The summed E-state index contributed by atoms with van der Waals surface area (Å²) in [6, 6.07) is 5.88. The lowest BCUT2D eigenvalue weighted by atomic mass is 10.1. The Labute approximate surface area is 114 Å². The van der Waals surface area contributed by atoms with Gasteiger partial charge in [-0.1, -0.05) is 19.4 Å². The van der Waals surface area contributed by atoms with Crippen LogP contribution in [0.4, 0.5) is 0 Å². The summed E-state index contributed by atoms with van der Waals surface area (Å²) < 4.78 is 5.44. The largest absolute Gasteiger partial charge is 0.484 e. The summed E-state index contributed by atoms with van der Waals surface area (Å²) in [6.45, 7) is 7.95. The first-order chi connectivity index (χ1) is 9.01. The van der Waals surface area contributed by atoms with Gasteiger partial charge >= 0.3 is 0 Å². The van der Waals surface area contributed by atoms with E-state index in [1.54, 1.807) is 0 Å². The van der Waals surface area contributed by atoms with Gasteiger partial charge in [0.2, 0.25) is 0 Å². The molecule has 1 rings (SSSR count). The Morgan fingerprint density at radius 2 is 1.89 bits per heavy atom. The van der Waals surface area contributed by atoms with Gasteiger partial charge < -0.3 is 4.74 Å². The molecule has 0 aliphatic carbocycles. The number of carbonyl (C=O) groups is 1. The lowest BCUT2D eigenvalue weighted by molar-refractivity contribution is -0.123. The lowest BCUT2D eigenvalue weighted by Crippen LogP contribution is -2.25. The summed E-state index contributed by atoms with van der Waals surface area (Å²) in [5.74, 6) is 0.469. The van der Waals surface area contributed by atoms with E-state index in [0.29, 0.717) is 5.75 Å². The van der Waals surface area contributed by atoms with E-state index in [1.807, 2.05) is 32.9 Å². The molecule has 0 aliphatic rings. The van der Waals surface area contributed by atoms with E-state index >= 15 is 0 Å². The first-order valence-electron chi connectivity index (χ1n) is 6.54. The fraction of sp³-hybridized carbons (Fsp3) is 0.467. The minimum absolute atomic E-state index is 0.0220. The summed E-state index contributed by atoms with van der Waals surface area (Å²) >= 11 is 0. The third-order valence-electron chi connectivity index (χ3n) is 2.55. The normalized spacial score (nSPS) is 11.3. The van der Waals surface area contributed by atoms with Crippen molar-refractivity contribution < 1.29 is 9.53 Å². The van der Waals surface area contributed by atoms with Crippen molar-refractivity contribution in [3.63, 3.8) is 0 Å². The van der Waals surface area contributed by atoms with Crippen molar-refractivity contribution in [1.29, 1.82) is 0 Å². The molecule has 0 spiro atoms. The van der Waals surface area contributed by atoms with Crippen molar-refractivity contribution in [3.05, 3.63) is 29.3 Å². The van der Waals surface area contributed by atoms with Crippen LogP contribution in [0.2, 0.25) is 0 Å². The number of benzene rings is 1. The van der Waals surface area contributed by atoms with Crippen molar-refractivity contribution in [2.75, 3.05) is 6.61 Å². The number of aryl methyl sites for hydroxylation is 2. The average molecular weight is 262 g/mol. The second-order valence-corrected chi connectivity index (χ2v) is 4.74. The third-order valence-corrected chi connectivity index (χ3v) is 2.55. The Balaban J connectivity index is 2.44. The molecule has 0 heterocycles. The van der Waals surface area contributed by atoms with Crippen molar-refractivity contribution >= 4 is 11.6 Å². The number of rotatable bonds is 6. The van der Waals surface area contributed by atoms with E-state index in [2.05, 4.69) is 23.5 Å². The highest BCUT2D eigenvalue weighted by Crippen LogP contribution is 2.15. The molecular weight excluding hydrogens is 240 g/mol. The number of ether oxygens (including phenoxy) is 1. The van der Waals surface area contributed by atoms with E-state index < -0.39 is 0 Å². The Kier molecular flexibility index (Phi) is 6.06. The zero-order valence-electron chi connectivity index (χ0n) is 12.1. The first-order valence-corrected chi connectivity index (χ1v) is 6.54. The molecule has 0 fully saturated rings. The van der Waals surface area contributed by atoms with Crippen LogP contribution in [0, 0.1) is 13.8 Å². The van der Waals surface area contributed by atoms with Crippen LogP contribution in [0.25, 0.3) is 0 Å². The monoisotopic (exact) mass is 262 g/mol. The SMILES string of the molecule is CCC/C(C)=N\NC(=O)COc1cc(C)cc(C)c1. The van der Waals surface area contributed by atoms with E-state index in [-0.39, 0.29) is 12.5 Å². The van der Waals surface area contributed by atoms with Gasteiger partial charge in [0.15, 0.2) is 6.61 Å². The number of nitrogens with zero attached hydrogens (tertiary/aromatic N) is 1. The minimum atomic E-state index is -0.241. The predicted octanol–water partition coefficient (Wildman–Crippen LogP) is 2.97. The number of carbonyl (C=O) groups excluding carboxylic acids is 1. The van der Waals surface area contributed by atoms with Crippen LogP contribution in [-0.4, -0.2) is 18.2 Å². The Hall–Kier alpha value is -1.84. The van der Waals surface area contributed by atoms with E-state index in [4.69, 9.17) is 4.74 Å². The number of amides is 1. The Morgan fingerprint density at radius 1 is 1.26 bits per heavy atom. The van der Waals surface area contributed by atoms with Crippen LogP contribution < -0.4 is 10.2 Å². The molecular formula is C15H22N2O2. The molecule has 1 aromatic rings. The molecule has 1 amide bonds. The van der Waals surface area contributed by atoms with Gasteiger partial charge in [0.1, 0.15) is 5.75 Å². The first kappa shape index (κ1) is 15.2. The topological polar surface area (TPSA) is 50.7 Å². The minimum Gasteiger partial charge on any atom is -0.484 e. The number of hydrogen-bond donors (Lipinski definition) is 1. The van der Waals surface area contributed by atoms with Crippen LogP contribution in [0.1, 0.15) is 37.8 Å². The average Bonchev–Trinajstić information content (AvgIpc) is 2.33. The van der Waals surface area contributed by atoms with Crippen molar-refractivity contribution in [3.8, 4) is 5.75 Å². The van der Waals surface area contributed by atoms with Gasteiger partial charge in [0, 0.05) is 5.71 Å². The maximum Gasteiger partial charge on any atom is 0.277 e. The fourth-order valence-electron chi connectivity index (χ4n) is 1.77. The van der Waals surface area contributed by atoms with Crippen LogP contribution in [0.15, 0.2) is 23.3 Å². The molecule has 1 N–H and O–H groups in total. The number of hydrazone groups is 1. The van der Waals surface area contributed by atoms with Crippen molar-refractivity contribution in [1.82, 2.24) is 5.43 Å². The summed E-state index contributed by atoms with van der Waals surface area (Å²) in [7, 11) is 0. The van der Waals surface area contributed by atoms with Gasteiger partial charge in [-0.15, -0.1) is 0 Å². The highest BCUT2D eigenvalue weighted by atomic mass is 16.5. The molecule has 0 aromatic heterocycles. The van der Waals surface area contributed by atoms with Gasteiger partial charge in [-0.05, 0) is 50.5 Å². The summed E-state index contributed by atoms with van der Waals surface area (Å²) in [5.41, 5.74) is 5.65. The molecule has 0 unspecified atom stereocenters. The molecule has 0 radical (unpaired) electrons. The van der Waals surface area contributed by atoms with Gasteiger partial charge in [-0.2, -0.15) is 5.10 Å². The fourth-order valence-corrected chi connectivity index (χ4v) is 1.77. The molecule has 0 atom stereocenters. The maximum absolute atomic E-state index is 11.6. The molecule has 0 aliphatic heterocycles. The number of hydrogen-bond acceptors (Lipinski definition) is 3. The van der Waals surface area contributed by atoms with Crippen LogP contribution in [0.3, 0.4) is 0 Å². The van der Waals surface area contributed by atoms with E-state index in [0.717, 1.165) is 29.7 Å². The van der Waals surface area contributed by atoms with E-state index in [1.165, 1.54) is 0 Å². The van der Waals surface area contributed by atoms with Gasteiger partial charge in [-0.3, -0.25) is 4.79 Å².